The number of nitrogens with zero attached hydrogens (tertiary/aromatic N) is 1. The first-order chi connectivity index (χ1) is 10.3. The van der Waals surface area contributed by atoms with Gasteiger partial charge >= 0.3 is 0 Å². The molecular weight excluding hydrogens is 326 g/mol. The van der Waals surface area contributed by atoms with Crippen LogP contribution in [0.25, 0.3) is 0 Å². The van der Waals surface area contributed by atoms with Crippen LogP contribution in [0.5, 0.6) is 5.75 Å². The smallest absolute Gasteiger partial charge is 0.119 e. The molecule has 21 heavy (non-hydrogen) atoms. The van der Waals surface area contributed by atoms with E-state index < -0.39 is 0 Å². The molecule has 0 saturated heterocycles. The molecule has 0 N–H and O–H groups in total. The molecule has 2 rings (SSSR count). The fourth-order valence-corrected chi connectivity index (χ4v) is 3.31. The average Bonchev–Trinajstić information content (AvgIpc) is 2.52. The van der Waals surface area contributed by atoms with E-state index in [1.54, 1.807) is 0 Å². The number of halogens is 1. The molecule has 0 aliphatic carbocycles. The van der Waals surface area contributed by atoms with Gasteiger partial charge in [-0.2, -0.15) is 0 Å². The number of rotatable bonds is 9. The lowest BCUT2D eigenvalue weighted by Gasteiger charge is -2.31. The summed E-state index contributed by atoms with van der Waals surface area (Å²) in [6, 6.07) is 6.67. The van der Waals surface area contributed by atoms with Crippen LogP contribution >= 0.6 is 15.9 Å². The predicted octanol–water partition coefficient (Wildman–Crippen LogP) is 5.18. The molecule has 0 fully saturated rings. The second-order valence-electron chi connectivity index (χ2n) is 5.83. The van der Waals surface area contributed by atoms with E-state index in [9.17, 15) is 0 Å². The Hall–Kier alpha value is -0.700. The van der Waals surface area contributed by atoms with Gasteiger partial charge in [0.2, 0.25) is 0 Å². The van der Waals surface area contributed by atoms with E-state index >= 15 is 0 Å². The van der Waals surface area contributed by atoms with Crippen molar-refractivity contribution in [1.82, 2.24) is 0 Å². The molecule has 0 unspecified atom stereocenters. The zero-order valence-electron chi connectivity index (χ0n) is 13.2. The van der Waals surface area contributed by atoms with Crippen molar-refractivity contribution in [2.75, 3.05) is 29.9 Å². The van der Waals surface area contributed by atoms with Crippen LogP contribution in [-0.2, 0) is 6.42 Å². The number of hydrogen-bond donors (Lipinski definition) is 0. The van der Waals surface area contributed by atoms with Crippen molar-refractivity contribution in [1.29, 1.82) is 0 Å². The van der Waals surface area contributed by atoms with Crippen molar-refractivity contribution in [3.05, 3.63) is 23.8 Å². The highest BCUT2D eigenvalue weighted by molar-refractivity contribution is 9.09. The molecule has 0 atom stereocenters. The van der Waals surface area contributed by atoms with Gasteiger partial charge in [-0.1, -0.05) is 35.7 Å². The van der Waals surface area contributed by atoms with Gasteiger partial charge < -0.3 is 9.64 Å². The number of ether oxygens (including phenoxy) is 1. The predicted molar refractivity (Wildman–Crippen MR) is 95.0 cm³/mol. The maximum atomic E-state index is 5.87. The highest BCUT2D eigenvalue weighted by atomic mass is 79.9. The fraction of sp³-hybridized carbons (Fsp3) is 0.667. The standard InChI is InChI=1S/C18H28BrNO/c1-2-3-5-12-20-13-7-8-16-15-17(9-10-18(16)20)21-14-6-4-11-19/h9-10,15H,2-8,11-14H2,1H3. The van der Waals surface area contributed by atoms with E-state index in [2.05, 4.69) is 46.0 Å². The number of fused-ring (bicyclic) bond motifs is 1. The van der Waals surface area contributed by atoms with Gasteiger partial charge in [-0.25, -0.2) is 0 Å². The number of benzene rings is 1. The van der Waals surface area contributed by atoms with E-state index in [1.165, 1.54) is 62.9 Å². The molecule has 118 valence electrons. The molecular formula is C18H28BrNO. The van der Waals surface area contributed by atoms with Crippen LogP contribution in [0.15, 0.2) is 18.2 Å². The van der Waals surface area contributed by atoms with E-state index in [0.29, 0.717) is 0 Å². The van der Waals surface area contributed by atoms with Crippen molar-refractivity contribution < 1.29 is 4.74 Å². The molecule has 3 heteroatoms. The summed E-state index contributed by atoms with van der Waals surface area (Å²) in [6.07, 6.45) is 8.69. The summed E-state index contributed by atoms with van der Waals surface area (Å²) in [5.41, 5.74) is 2.90. The fourth-order valence-electron chi connectivity index (χ4n) is 2.91. The van der Waals surface area contributed by atoms with Gasteiger partial charge in [0.1, 0.15) is 5.75 Å². The van der Waals surface area contributed by atoms with Gasteiger partial charge in [0, 0.05) is 24.1 Å². The van der Waals surface area contributed by atoms with Crippen LogP contribution in [0.4, 0.5) is 5.69 Å². The maximum absolute atomic E-state index is 5.87. The first kappa shape index (κ1) is 16.7. The first-order valence-electron chi connectivity index (χ1n) is 8.41. The van der Waals surface area contributed by atoms with E-state index in [0.717, 1.165) is 24.1 Å². The molecule has 1 heterocycles. The van der Waals surface area contributed by atoms with Crippen LogP contribution in [0, 0.1) is 0 Å². The van der Waals surface area contributed by atoms with Gasteiger partial charge in [-0.15, -0.1) is 0 Å². The molecule has 2 nitrogen and oxygen atoms in total. The number of alkyl halides is 1. The van der Waals surface area contributed by atoms with Crippen molar-refractivity contribution in [2.24, 2.45) is 0 Å². The summed E-state index contributed by atoms with van der Waals surface area (Å²) < 4.78 is 5.87. The molecule has 1 aliphatic heterocycles. The van der Waals surface area contributed by atoms with Crippen LogP contribution < -0.4 is 9.64 Å². The largest absolute Gasteiger partial charge is 0.494 e. The zero-order valence-corrected chi connectivity index (χ0v) is 14.8. The zero-order chi connectivity index (χ0) is 14.9. The lowest BCUT2D eigenvalue weighted by molar-refractivity contribution is 0.309. The van der Waals surface area contributed by atoms with Crippen LogP contribution in [0.2, 0.25) is 0 Å². The Kier molecular flexibility index (Phi) is 7.42. The second-order valence-corrected chi connectivity index (χ2v) is 6.63. The summed E-state index contributed by atoms with van der Waals surface area (Å²) in [5.74, 6) is 1.04. The summed E-state index contributed by atoms with van der Waals surface area (Å²) in [4.78, 5) is 2.56. The Morgan fingerprint density at radius 1 is 1.19 bits per heavy atom. The SMILES string of the molecule is CCCCCN1CCCc2cc(OCCCCBr)ccc21. The molecule has 0 spiro atoms. The Morgan fingerprint density at radius 3 is 2.90 bits per heavy atom. The Balaban J connectivity index is 1.92. The van der Waals surface area contributed by atoms with Crippen molar-refractivity contribution in [2.45, 2.75) is 51.9 Å². The quantitative estimate of drug-likeness (QED) is 0.447. The summed E-state index contributed by atoms with van der Waals surface area (Å²) in [6.45, 7) is 5.50. The van der Waals surface area contributed by atoms with Crippen molar-refractivity contribution >= 4 is 21.6 Å². The highest BCUT2D eigenvalue weighted by Gasteiger charge is 2.16. The summed E-state index contributed by atoms with van der Waals surface area (Å²) in [5, 5.41) is 1.06. The third-order valence-corrected chi connectivity index (χ3v) is 4.65. The van der Waals surface area contributed by atoms with E-state index in [-0.39, 0.29) is 0 Å². The topological polar surface area (TPSA) is 12.5 Å². The minimum Gasteiger partial charge on any atom is -0.494 e. The molecule has 0 saturated carbocycles. The highest BCUT2D eigenvalue weighted by Crippen LogP contribution is 2.30. The van der Waals surface area contributed by atoms with E-state index in [1.807, 2.05) is 0 Å². The van der Waals surface area contributed by atoms with Gasteiger partial charge in [-0.05, 0) is 55.9 Å². The van der Waals surface area contributed by atoms with Crippen molar-refractivity contribution in [3.63, 3.8) is 0 Å². The number of unbranched alkanes of at least 4 members (excludes halogenated alkanes) is 3. The summed E-state index contributed by atoms with van der Waals surface area (Å²) in [7, 11) is 0. The van der Waals surface area contributed by atoms with Gasteiger partial charge in [0.15, 0.2) is 0 Å². The lowest BCUT2D eigenvalue weighted by atomic mass is 10.0. The minimum atomic E-state index is 0.824. The lowest BCUT2D eigenvalue weighted by Crippen LogP contribution is -2.30. The molecule has 0 radical (unpaired) electrons. The minimum absolute atomic E-state index is 0.824. The molecule has 0 amide bonds. The van der Waals surface area contributed by atoms with Crippen LogP contribution in [-0.4, -0.2) is 25.0 Å². The normalized spacial score (nSPS) is 14.1. The Labute approximate surface area is 138 Å². The van der Waals surface area contributed by atoms with Gasteiger partial charge in [0.25, 0.3) is 0 Å². The second kappa shape index (κ2) is 9.34. The number of aryl methyl sites for hydroxylation is 1. The first-order valence-corrected chi connectivity index (χ1v) is 9.54. The van der Waals surface area contributed by atoms with Crippen molar-refractivity contribution in [3.8, 4) is 5.75 Å². The third-order valence-electron chi connectivity index (χ3n) is 4.09. The molecule has 0 aromatic heterocycles. The molecule has 1 aromatic rings. The number of hydrogen-bond acceptors (Lipinski definition) is 2. The third kappa shape index (κ3) is 5.21. The molecule has 0 bridgehead atoms. The average molecular weight is 354 g/mol. The van der Waals surface area contributed by atoms with Gasteiger partial charge in [0.05, 0.1) is 6.61 Å². The number of anilines is 1. The molecule has 1 aromatic carbocycles. The van der Waals surface area contributed by atoms with Gasteiger partial charge in [-0.3, -0.25) is 0 Å². The Bertz CT molecular complexity index is 422. The Morgan fingerprint density at radius 2 is 2.10 bits per heavy atom. The maximum Gasteiger partial charge on any atom is 0.119 e. The summed E-state index contributed by atoms with van der Waals surface area (Å²) >= 11 is 3.46. The molecule has 1 aliphatic rings. The van der Waals surface area contributed by atoms with Crippen LogP contribution in [0.1, 0.15) is 51.0 Å². The monoisotopic (exact) mass is 353 g/mol. The van der Waals surface area contributed by atoms with Crippen LogP contribution in [0.3, 0.4) is 0 Å². The van der Waals surface area contributed by atoms with E-state index in [4.69, 9.17) is 4.74 Å².